The van der Waals surface area contributed by atoms with Crippen molar-refractivity contribution in [1.82, 2.24) is 20.6 Å². The van der Waals surface area contributed by atoms with Crippen LogP contribution in [0.4, 0.5) is 17.3 Å². The molecular weight excluding hydrogens is 368 g/mol. The number of nitrogen functional groups attached to an aromatic ring is 1. The van der Waals surface area contributed by atoms with E-state index in [2.05, 4.69) is 25.9 Å². The maximum absolute atomic E-state index is 6.27. The largest absolute Gasteiger partial charge is 0.488 e. The molecule has 2 aromatic rings. The van der Waals surface area contributed by atoms with Gasteiger partial charge in [0, 0.05) is 23.5 Å². The molecule has 0 bridgehead atoms. The molecule has 2 aliphatic rings. The summed E-state index contributed by atoms with van der Waals surface area (Å²) in [5.74, 6) is 2.42. The van der Waals surface area contributed by atoms with Crippen LogP contribution < -0.4 is 31.2 Å². The summed E-state index contributed by atoms with van der Waals surface area (Å²) in [6, 6.07) is 6.44. The molecule has 0 saturated carbocycles. The van der Waals surface area contributed by atoms with Crippen LogP contribution in [0.5, 0.6) is 11.5 Å². The van der Waals surface area contributed by atoms with E-state index in [1.807, 2.05) is 32.0 Å². The molecule has 29 heavy (non-hydrogen) atoms. The minimum absolute atomic E-state index is 0.342. The third-order valence-corrected chi connectivity index (χ3v) is 5.32. The minimum Gasteiger partial charge on any atom is -0.488 e. The van der Waals surface area contributed by atoms with E-state index in [1.165, 1.54) is 6.42 Å². The van der Waals surface area contributed by atoms with Gasteiger partial charge in [0.05, 0.1) is 5.69 Å². The average Bonchev–Trinajstić information content (AvgIpc) is 3.15. The molecule has 0 spiro atoms. The van der Waals surface area contributed by atoms with Crippen LogP contribution in [-0.2, 0) is 0 Å². The Morgan fingerprint density at radius 2 is 1.76 bits per heavy atom. The Bertz CT molecular complexity index is 849. The fraction of sp³-hybridized carbons (Fsp3) is 0.524. The number of hydrogen-bond acceptors (Lipinski definition) is 8. The number of nitrogens with zero attached hydrogens (tertiary/aromatic N) is 2. The lowest BCUT2D eigenvalue weighted by molar-refractivity contribution is 0.218. The second kappa shape index (κ2) is 8.84. The molecule has 2 atom stereocenters. The molecule has 2 aliphatic heterocycles. The molecule has 4 heterocycles. The predicted octanol–water partition coefficient (Wildman–Crippen LogP) is 2.29. The van der Waals surface area contributed by atoms with Gasteiger partial charge in [-0.3, -0.25) is 0 Å². The van der Waals surface area contributed by atoms with Crippen LogP contribution in [0.25, 0.3) is 0 Å². The van der Waals surface area contributed by atoms with Crippen molar-refractivity contribution in [3.05, 3.63) is 29.6 Å². The Hall–Kier alpha value is -2.58. The number of pyridine rings is 2. The predicted molar refractivity (Wildman–Crippen MR) is 114 cm³/mol. The summed E-state index contributed by atoms with van der Waals surface area (Å²) in [6.07, 6.45) is 3.41. The van der Waals surface area contributed by atoms with Crippen molar-refractivity contribution in [2.45, 2.75) is 45.2 Å². The molecule has 8 heteroatoms. The highest BCUT2D eigenvalue weighted by atomic mass is 16.5. The van der Waals surface area contributed by atoms with E-state index in [4.69, 9.17) is 15.2 Å². The van der Waals surface area contributed by atoms with Gasteiger partial charge in [-0.05, 0) is 64.4 Å². The van der Waals surface area contributed by atoms with Gasteiger partial charge in [-0.15, -0.1) is 0 Å². The van der Waals surface area contributed by atoms with E-state index in [1.54, 1.807) is 0 Å². The van der Waals surface area contributed by atoms with E-state index in [0.717, 1.165) is 37.3 Å². The summed E-state index contributed by atoms with van der Waals surface area (Å²) in [5, 5.41) is 10.1. The maximum Gasteiger partial charge on any atom is 0.184 e. The van der Waals surface area contributed by atoms with Crippen molar-refractivity contribution in [2.24, 2.45) is 0 Å². The van der Waals surface area contributed by atoms with Crippen LogP contribution in [0.15, 0.2) is 18.2 Å². The summed E-state index contributed by atoms with van der Waals surface area (Å²) in [6.45, 7) is 7.11. The number of aryl methyl sites for hydroxylation is 2. The van der Waals surface area contributed by atoms with Crippen LogP contribution in [0.1, 0.15) is 30.7 Å². The van der Waals surface area contributed by atoms with Gasteiger partial charge in [0.25, 0.3) is 0 Å². The Kier molecular flexibility index (Phi) is 6.01. The topological polar surface area (TPSA) is 106 Å². The number of ether oxygens (including phenoxy) is 2. The molecule has 8 nitrogen and oxygen atoms in total. The van der Waals surface area contributed by atoms with Gasteiger partial charge in [0.1, 0.15) is 13.2 Å². The van der Waals surface area contributed by atoms with E-state index < -0.39 is 0 Å². The lowest BCUT2D eigenvalue weighted by Gasteiger charge is -2.27. The molecule has 156 valence electrons. The van der Waals surface area contributed by atoms with Gasteiger partial charge in [-0.2, -0.15) is 0 Å². The second-order valence-corrected chi connectivity index (χ2v) is 7.81. The summed E-state index contributed by atoms with van der Waals surface area (Å²) < 4.78 is 12.1. The third-order valence-electron chi connectivity index (χ3n) is 5.32. The first-order valence-electron chi connectivity index (χ1n) is 10.3. The van der Waals surface area contributed by atoms with Gasteiger partial charge in [0.2, 0.25) is 0 Å². The Morgan fingerprint density at radius 1 is 1.00 bits per heavy atom. The van der Waals surface area contributed by atoms with Crippen molar-refractivity contribution in [3.63, 3.8) is 0 Å². The zero-order valence-corrected chi connectivity index (χ0v) is 17.1. The van der Waals surface area contributed by atoms with Crippen LogP contribution in [0.3, 0.4) is 0 Å². The molecule has 2 aromatic heterocycles. The second-order valence-electron chi connectivity index (χ2n) is 7.81. The van der Waals surface area contributed by atoms with Crippen LogP contribution in [0.2, 0.25) is 0 Å². The first-order chi connectivity index (χ1) is 14.1. The number of rotatable bonds is 8. The van der Waals surface area contributed by atoms with Crippen molar-refractivity contribution in [1.29, 1.82) is 0 Å². The van der Waals surface area contributed by atoms with E-state index >= 15 is 0 Å². The van der Waals surface area contributed by atoms with Crippen molar-refractivity contribution in [3.8, 4) is 11.5 Å². The number of aromatic nitrogens is 2. The molecule has 4 rings (SSSR count). The van der Waals surface area contributed by atoms with Crippen LogP contribution in [0, 0.1) is 13.8 Å². The van der Waals surface area contributed by atoms with Crippen molar-refractivity contribution < 1.29 is 9.47 Å². The number of nitrogens with two attached hydrogens (primary N) is 1. The number of hydrogen-bond donors (Lipinski definition) is 4. The smallest absolute Gasteiger partial charge is 0.184 e. The molecule has 0 radical (unpaired) electrons. The standard InChI is InChI=1S/C21H30N6O2/c1-13-5-6-18(28-11-16-7-9-24-16)20(25-13)27-21-19(17(22)10-14(2)26-21)29-12-15-4-3-8-23-15/h5-6,10,15-16,23-24H,3-4,7-9,11-12H2,1-2H3,(H3,22,25,26,27)/t15-,16+/m0/s1. The molecular formula is C21H30N6O2. The molecule has 2 fully saturated rings. The SMILES string of the molecule is Cc1ccc(OC[C@H]2CCN2)c(Nc2nc(C)cc(N)c2OC[C@@H]2CCCN2)n1. The fourth-order valence-electron chi connectivity index (χ4n) is 3.55. The zero-order chi connectivity index (χ0) is 20.2. The van der Waals surface area contributed by atoms with Crippen LogP contribution in [-0.4, -0.2) is 48.4 Å². The van der Waals surface area contributed by atoms with E-state index in [0.29, 0.717) is 54.1 Å². The highest BCUT2D eigenvalue weighted by Gasteiger charge is 2.20. The molecule has 2 saturated heterocycles. The van der Waals surface area contributed by atoms with Gasteiger partial charge < -0.3 is 31.2 Å². The number of nitrogens with one attached hydrogen (secondary N) is 3. The first-order valence-corrected chi connectivity index (χ1v) is 10.3. The minimum atomic E-state index is 0.342. The van der Waals surface area contributed by atoms with Gasteiger partial charge in [0.15, 0.2) is 23.1 Å². The van der Waals surface area contributed by atoms with Crippen LogP contribution >= 0.6 is 0 Å². The molecule has 5 N–H and O–H groups in total. The Labute approximate surface area is 171 Å². The highest BCUT2D eigenvalue weighted by Crippen LogP contribution is 2.35. The Balaban J connectivity index is 1.55. The summed E-state index contributed by atoms with van der Waals surface area (Å²) in [5.41, 5.74) is 8.53. The third kappa shape index (κ3) is 4.89. The lowest BCUT2D eigenvalue weighted by Crippen LogP contribution is -2.46. The van der Waals surface area contributed by atoms with Gasteiger partial charge in [-0.1, -0.05) is 0 Å². The van der Waals surface area contributed by atoms with Crippen molar-refractivity contribution in [2.75, 3.05) is 37.4 Å². The lowest BCUT2D eigenvalue weighted by atomic mass is 10.1. The molecule has 0 aromatic carbocycles. The first kappa shape index (κ1) is 19.7. The van der Waals surface area contributed by atoms with Crippen molar-refractivity contribution >= 4 is 17.3 Å². The quantitative estimate of drug-likeness (QED) is 0.537. The summed E-state index contributed by atoms with van der Waals surface area (Å²) in [7, 11) is 0. The van der Waals surface area contributed by atoms with Gasteiger partial charge in [-0.25, -0.2) is 9.97 Å². The molecule has 0 amide bonds. The maximum atomic E-state index is 6.27. The summed E-state index contributed by atoms with van der Waals surface area (Å²) in [4.78, 5) is 9.25. The summed E-state index contributed by atoms with van der Waals surface area (Å²) >= 11 is 0. The van der Waals surface area contributed by atoms with Gasteiger partial charge >= 0.3 is 0 Å². The average molecular weight is 399 g/mol. The fourth-order valence-corrected chi connectivity index (χ4v) is 3.55. The monoisotopic (exact) mass is 398 g/mol. The van der Waals surface area contributed by atoms with E-state index in [-0.39, 0.29) is 0 Å². The van der Waals surface area contributed by atoms with E-state index in [9.17, 15) is 0 Å². The number of anilines is 3. The highest BCUT2D eigenvalue weighted by molar-refractivity contribution is 5.72. The zero-order valence-electron chi connectivity index (χ0n) is 17.1. The molecule has 0 unspecified atom stereocenters. The normalized spacial score (nSPS) is 20.9. The Morgan fingerprint density at radius 3 is 2.48 bits per heavy atom. The molecule has 0 aliphatic carbocycles.